The minimum Gasteiger partial charge on any atom is -0.457 e. The summed E-state index contributed by atoms with van der Waals surface area (Å²) >= 11 is 0. The average molecular weight is 323 g/mol. The first kappa shape index (κ1) is 15.9. The van der Waals surface area contributed by atoms with Gasteiger partial charge in [-0.25, -0.2) is 8.78 Å². The summed E-state index contributed by atoms with van der Waals surface area (Å²) < 4.78 is 32.2. The Hall–Kier alpha value is -1.98. The zero-order chi connectivity index (χ0) is 16.6. The van der Waals surface area contributed by atoms with Crippen molar-refractivity contribution in [2.75, 3.05) is 13.1 Å². The van der Waals surface area contributed by atoms with E-state index in [2.05, 4.69) is 0 Å². The van der Waals surface area contributed by atoms with Crippen LogP contribution in [0.1, 0.15) is 37.9 Å². The van der Waals surface area contributed by atoms with E-state index in [1.54, 1.807) is 4.90 Å². The monoisotopic (exact) mass is 323 g/mol. The van der Waals surface area contributed by atoms with E-state index in [-0.39, 0.29) is 17.9 Å². The molecule has 1 saturated heterocycles. The first-order valence-corrected chi connectivity index (χ1v) is 7.87. The van der Waals surface area contributed by atoms with Crippen LogP contribution >= 0.6 is 0 Å². The van der Waals surface area contributed by atoms with Crippen LogP contribution in [0.2, 0.25) is 0 Å². The van der Waals surface area contributed by atoms with Crippen LogP contribution in [0.3, 0.4) is 0 Å². The zero-order valence-corrected chi connectivity index (χ0v) is 12.9. The van der Waals surface area contributed by atoms with Crippen molar-refractivity contribution in [1.29, 1.82) is 0 Å². The molecule has 0 radical (unpaired) electrons. The highest BCUT2D eigenvalue weighted by molar-refractivity contribution is 5.86. The summed E-state index contributed by atoms with van der Waals surface area (Å²) in [6.07, 6.45) is 1.50. The Labute approximate surface area is 133 Å². The molecule has 124 valence electrons. The van der Waals surface area contributed by atoms with Crippen LogP contribution in [-0.4, -0.2) is 29.9 Å². The number of halogens is 2. The molecule has 1 heterocycles. The first-order valence-electron chi connectivity index (χ1n) is 7.87. The second-order valence-corrected chi connectivity index (χ2v) is 6.39. The molecule has 1 aromatic carbocycles. The maximum atomic E-state index is 13.7. The van der Waals surface area contributed by atoms with Gasteiger partial charge in [-0.1, -0.05) is 0 Å². The Morgan fingerprint density at radius 1 is 1.39 bits per heavy atom. The molecule has 2 fully saturated rings. The highest BCUT2D eigenvalue weighted by atomic mass is 19.1. The number of ether oxygens (including phenoxy) is 1. The van der Waals surface area contributed by atoms with Crippen molar-refractivity contribution in [3.63, 3.8) is 0 Å². The van der Waals surface area contributed by atoms with E-state index in [0.717, 1.165) is 31.0 Å². The minimum atomic E-state index is -0.897. The highest BCUT2D eigenvalue weighted by Crippen LogP contribution is 2.32. The number of carbonyl (C=O) groups excluding carboxylic acids is 2. The number of hydrogen-bond acceptors (Lipinski definition) is 3. The van der Waals surface area contributed by atoms with Gasteiger partial charge in [-0.2, -0.15) is 0 Å². The van der Waals surface area contributed by atoms with Gasteiger partial charge in [0.1, 0.15) is 17.7 Å². The lowest BCUT2D eigenvalue weighted by molar-refractivity contribution is -0.153. The van der Waals surface area contributed by atoms with Gasteiger partial charge in [-0.15, -0.1) is 0 Å². The van der Waals surface area contributed by atoms with E-state index in [9.17, 15) is 18.4 Å². The standard InChI is InChI=1S/C17H19F2NO3/c1-10(14-7-13(18)4-5-15(14)19)23-17(22)12-6-16(21)20(9-12)8-11-2-3-11/h4-5,7,10-12H,2-3,6,8-9H2,1H3. The third-order valence-corrected chi connectivity index (χ3v) is 4.41. The van der Waals surface area contributed by atoms with Crippen LogP contribution in [0.4, 0.5) is 8.78 Å². The van der Waals surface area contributed by atoms with Gasteiger partial charge in [-0.3, -0.25) is 9.59 Å². The van der Waals surface area contributed by atoms with E-state index in [0.29, 0.717) is 19.0 Å². The molecule has 0 N–H and O–H groups in total. The van der Waals surface area contributed by atoms with E-state index in [1.807, 2.05) is 0 Å². The van der Waals surface area contributed by atoms with Gasteiger partial charge >= 0.3 is 5.97 Å². The molecule has 0 spiro atoms. The number of rotatable bonds is 5. The van der Waals surface area contributed by atoms with Gasteiger partial charge in [0.15, 0.2) is 0 Å². The third kappa shape index (κ3) is 3.68. The molecule has 0 bridgehead atoms. The molecule has 1 saturated carbocycles. The zero-order valence-electron chi connectivity index (χ0n) is 12.9. The fourth-order valence-corrected chi connectivity index (χ4v) is 2.88. The molecule has 0 aromatic heterocycles. The number of likely N-dealkylation sites (tertiary alicyclic amines) is 1. The van der Waals surface area contributed by atoms with Crippen LogP contribution in [0.15, 0.2) is 18.2 Å². The summed E-state index contributed by atoms with van der Waals surface area (Å²) in [6, 6.07) is 3.04. The summed E-state index contributed by atoms with van der Waals surface area (Å²) in [4.78, 5) is 25.8. The van der Waals surface area contributed by atoms with Gasteiger partial charge in [-0.05, 0) is 43.9 Å². The van der Waals surface area contributed by atoms with E-state index >= 15 is 0 Å². The number of amides is 1. The highest BCUT2D eigenvalue weighted by Gasteiger charge is 2.38. The Kier molecular flexibility index (Phi) is 4.33. The van der Waals surface area contributed by atoms with Gasteiger partial charge in [0.05, 0.1) is 5.92 Å². The van der Waals surface area contributed by atoms with Crippen molar-refractivity contribution in [3.8, 4) is 0 Å². The quantitative estimate of drug-likeness (QED) is 0.783. The second-order valence-electron chi connectivity index (χ2n) is 6.39. The molecule has 2 unspecified atom stereocenters. The Balaban J connectivity index is 1.60. The molecular formula is C17H19F2NO3. The Morgan fingerprint density at radius 2 is 2.13 bits per heavy atom. The largest absolute Gasteiger partial charge is 0.457 e. The predicted octanol–water partition coefficient (Wildman–Crippen LogP) is 2.83. The van der Waals surface area contributed by atoms with Crippen LogP contribution < -0.4 is 0 Å². The number of hydrogen-bond donors (Lipinski definition) is 0. The molecule has 2 atom stereocenters. The summed E-state index contributed by atoms with van der Waals surface area (Å²) in [6.45, 7) is 2.55. The molecule has 23 heavy (non-hydrogen) atoms. The van der Waals surface area contributed by atoms with E-state index < -0.39 is 29.6 Å². The predicted molar refractivity (Wildman–Crippen MR) is 78.3 cm³/mol. The fraction of sp³-hybridized carbons (Fsp3) is 0.529. The number of benzene rings is 1. The lowest BCUT2D eigenvalue weighted by Crippen LogP contribution is -2.29. The molecule has 1 aliphatic carbocycles. The molecule has 2 aliphatic rings. The van der Waals surface area contributed by atoms with Crippen molar-refractivity contribution in [2.24, 2.45) is 11.8 Å². The summed E-state index contributed by atoms with van der Waals surface area (Å²) in [7, 11) is 0. The Bertz CT molecular complexity index is 630. The normalized spacial score (nSPS) is 22.3. The fourth-order valence-electron chi connectivity index (χ4n) is 2.88. The van der Waals surface area contributed by atoms with Gasteiger partial charge in [0.25, 0.3) is 0 Å². The third-order valence-electron chi connectivity index (χ3n) is 4.41. The molecule has 4 nitrogen and oxygen atoms in total. The SMILES string of the molecule is CC(OC(=O)C1CC(=O)N(CC2CC2)C1)c1cc(F)ccc1F. The second kappa shape index (κ2) is 6.26. The van der Waals surface area contributed by atoms with Crippen molar-refractivity contribution in [3.05, 3.63) is 35.4 Å². The van der Waals surface area contributed by atoms with Crippen LogP contribution in [0.5, 0.6) is 0 Å². The lowest BCUT2D eigenvalue weighted by Gasteiger charge is -2.18. The van der Waals surface area contributed by atoms with E-state index in [1.165, 1.54) is 6.92 Å². The molecular weight excluding hydrogens is 304 g/mol. The maximum Gasteiger partial charge on any atom is 0.311 e. The summed E-state index contributed by atoms with van der Waals surface area (Å²) in [5, 5.41) is 0. The molecule has 1 aliphatic heterocycles. The number of esters is 1. The topological polar surface area (TPSA) is 46.6 Å². The average Bonchev–Trinajstić information content (AvgIpc) is 3.24. The molecule has 1 aromatic rings. The van der Waals surface area contributed by atoms with Crippen LogP contribution in [0.25, 0.3) is 0 Å². The van der Waals surface area contributed by atoms with Gasteiger partial charge < -0.3 is 9.64 Å². The van der Waals surface area contributed by atoms with Gasteiger partial charge in [0.2, 0.25) is 5.91 Å². The summed E-state index contributed by atoms with van der Waals surface area (Å²) in [5.74, 6) is -1.74. The summed E-state index contributed by atoms with van der Waals surface area (Å²) in [5.41, 5.74) is -0.00231. The molecule has 1 amide bonds. The smallest absolute Gasteiger partial charge is 0.311 e. The van der Waals surface area contributed by atoms with E-state index in [4.69, 9.17) is 4.74 Å². The van der Waals surface area contributed by atoms with Crippen molar-refractivity contribution in [2.45, 2.75) is 32.3 Å². The van der Waals surface area contributed by atoms with Gasteiger partial charge in [0, 0.05) is 25.1 Å². The first-order chi connectivity index (χ1) is 10.9. The lowest BCUT2D eigenvalue weighted by atomic mass is 10.1. The van der Waals surface area contributed by atoms with Crippen molar-refractivity contribution in [1.82, 2.24) is 4.90 Å². The van der Waals surface area contributed by atoms with Crippen LogP contribution in [0, 0.1) is 23.5 Å². The number of carbonyl (C=O) groups is 2. The Morgan fingerprint density at radius 3 is 2.83 bits per heavy atom. The maximum absolute atomic E-state index is 13.7. The van der Waals surface area contributed by atoms with Crippen molar-refractivity contribution >= 4 is 11.9 Å². The number of nitrogens with zero attached hydrogens (tertiary/aromatic N) is 1. The minimum absolute atomic E-state index is 0.00231. The van der Waals surface area contributed by atoms with Crippen molar-refractivity contribution < 1.29 is 23.1 Å². The molecule has 6 heteroatoms. The molecule has 3 rings (SSSR count). The van der Waals surface area contributed by atoms with Crippen LogP contribution in [-0.2, 0) is 14.3 Å².